The average molecular weight is 357 g/mol. The maximum atomic E-state index is 10.0. The predicted molar refractivity (Wildman–Crippen MR) is 104 cm³/mol. The van der Waals surface area contributed by atoms with Crippen molar-refractivity contribution in [2.24, 2.45) is 0 Å². The van der Waals surface area contributed by atoms with Crippen molar-refractivity contribution in [3.8, 4) is 34.9 Å². The first-order chi connectivity index (χ1) is 13.3. The molecule has 0 bridgehead atoms. The zero-order valence-corrected chi connectivity index (χ0v) is 15.7. The molecule has 0 spiro atoms. The van der Waals surface area contributed by atoms with Gasteiger partial charge in [-0.3, -0.25) is 4.98 Å². The Labute approximate surface area is 160 Å². The fourth-order valence-electron chi connectivity index (χ4n) is 3.97. The number of nitrogens with zero attached hydrogens (tertiary/aromatic N) is 3. The molecule has 0 fully saturated rings. The number of hydrogen-bond acceptors (Lipinski definition) is 4. The molecular weight excluding hydrogens is 334 g/mol. The second kappa shape index (κ2) is 7.80. The Hall–Kier alpha value is -2.85. The molecule has 2 aliphatic carbocycles. The maximum Gasteiger partial charge on any atom is 0.232 e. The van der Waals surface area contributed by atoms with Crippen LogP contribution < -0.4 is 4.74 Å². The lowest BCUT2D eigenvalue weighted by molar-refractivity contribution is 0.187. The number of aromatic nitrogens is 2. The van der Waals surface area contributed by atoms with Crippen LogP contribution in [0.1, 0.15) is 61.0 Å². The Balaban J connectivity index is 1.87. The number of ether oxygens (including phenoxy) is 1. The average Bonchev–Trinajstić information content (AvgIpc) is 2.93. The monoisotopic (exact) mass is 357 g/mol. The van der Waals surface area contributed by atoms with Crippen molar-refractivity contribution < 1.29 is 4.74 Å². The molecular formula is C23H23N3O. The van der Waals surface area contributed by atoms with Gasteiger partial charge in [0.15, 0.2) is 0 Å². The molecule has 0 unspecified atom stereocenters. The van der Waals surface area contributed by atoms with Crippen LogP contribution in [0.25, 0.3) is 11.1 Å². The summed E-state index contributed by atoms with van der Waals surface area (Å²) in [5.41, 5.74) is 5.83. The van der Waals surface area contributed by atoms with Gasteiger partial charge in [0.25, 0.3) is 0 Å². The molecule has 0 saturated carbocycles. The van der Waals surface area contributed by atoms with E-state index in [0.29, 0.717) is 17.9 Å². The molecule has 2 heterocycles. The summed E-state index contributed by atoms with van der Waals surface area (Å²) in [6, 6.07) is 6.44. The van der Waals surface area contributed by atoms with Crippen LogP contribution in [0.2, 0.25) is 0 Å². The highest BCUT2D eigenvalue weighted by atomic mass is 16.5. The molecule has 0 aliphatic heterocycles. The van der Waals surface area contributed by atoms with Gasteiger partial charge >= 0.3 is 0 Å². The minimum Gasteiger partial charge on any atom is -0.472 e. The summed E-state index contributed by atoms with van der Waals surface area (Å²) < 4.78 is 6.22. The zero-order valence-electron chi connectivity index (χ0n) is 15.7. The molecule has 4 heteroatoms. The molecule has 1 atom stereocenters. The number of rotatable bonds is 3. The van der Waals surface area contributed by atoms with Gasteiger partial charge in [0, 0.05) is 36.0 Å². The summed E-state index contributed by atoms with van der Waals surface area (Å²) in [5, 5.41) is 10.0. The van der Waals surface area contributed by atoms with E-state index >= 15 is 0 Å². The van der Waals surface area contributed by atoms with Crippen molar-refractivity contribution in [3.63, 3.8) is 0 Å². The van der Waals surface area contributed by atoms with E-state index in [0.717, 1.165) is 61.0 Å². The van der Waals surface area contributed by atoms with Crippen molar-refractivity contribution in [2.75, 3.05) is 0 Å². The van der Waals surface area contributed by atoms with Gasteiger partial charge < -0.3 is 4.74 Å². The molecule has 2 aliphatic rings. The SMILES string of the molecule is Cc1cc(-c2c(C#N)c(O[C@@H]3CC#CCC3)nc3c2CCCCC3)ccn1. The van der Waals surface area contributed by atoms with Gasteiger partial charge in [-0.05, 0) is 62.3 Å². The summed E-state index contributed by atoms with van der Waals surface area (Å²) >= 11 is 0. The van der Waals surface area contributed by atoms with E-state index < -0.39 is 0 Å². The van der Waals surface area contributed by atoms with Crippen molar-refractivity contribution in [1.82, 2.24) is 9.97 Å². The highest BCUT2D eigenvalue weighted by Crippen LogP contribution is 2.37. The molecule has 2 aromatic heterocycles. The minimum absolute atomic E-state index is 0.0155. The van der Waals surface area contributed by atoms with E-state index in [4.69, 9.17) is 9.72 Å². The van der Waals surface area contributed by atoms with E-state index in [1.165, 1.54) is 12.0 Å². The van der Waals surface area contributed by atoms with Crippen LogP contribution in [-0.4, -0.2) is 16.1 Å². The van der Waals surface area contributed by atoms with Crippen LogP contribution in [0.5, 0.6) is 5.88 Å². The second-order valence-corrected chi connectivity index (χ2v) is 7.29. The lowest BCUT2D eigenvalue weighted by Crippen LogP contribution is -2.20. The van der Waals surface area contributed by atoms with Crippen LogP contribution >= 0.6 is 0 Å². The molecule has 136 valence electrons. The number of fused-ring (bicyclic) bond motifs is 1. The summed E-state index contributed by atoms with van der Waals surface area (Å²) in [6.07, 6.45) is 9.63. The van der Waals surface area contributed by atoms with Gasteiger partial charge in [-0.2, -0.15) is 5.26 Å². The minimum atomic E-state index is 0.0155. The molecule has 4 rings (SSSR count). The van der Waals surface area contributed by atoms with Crippen LogP contribution in [-0.2, 0) is 12.8 Å². The van der Waals surface area contributed by atoms with Gasteiger partial charge in [0.2, 0.25) is 5.88 Å². The second-order valence-electron chi connectivity index (χ2n) is 7.29. The van der Waals surface area contributed by atoms with E-state index in [9.17, 15) is 5.26 Å². The standard InChI is InChI=1S/C23H23N3O/c1-16-14-17(12-13-25-16)22-19-10-6-3-7-11-21(19)26-23(20(22)15-24)27-18-8-4-2-5-9-18/h12-14,18H,3-4,6-11H2,1H3/t18-/m0/s1. The van der Waals surface area contributed by atoms with E-state index in [1.54, 1.807) is 0 Å². The number of hydrogen-bond donors (Lipinski definition) is 0. The number of nitriles is 1. The lowest BCUT2D eigenvalue weighted by Gasteiger charge is -2.22. The summed E-state index contributed by atoms with van der Waals surface area (Å²) in [4.78, 5) is 9.16. The Morgan fingerprint density at radius 1 is 1.22 bits per heavy atom. The molecule has 4 nitrogen and oxygen atoms in total. The third-order valence-electron chi connectivity index (χ3n) is 5.31. The van der Waals surface area contributed by atoms with Gasteiger partial charge in [0.05, 0.1) is 0 Å². The molecule has 0 N–H and O–H groups in total. The highest BCUT2D eigenvalue weighted by Gasteiger charge is 2.25. The quantitative estimate of drug-likeness (QED) is 0.598. The maximum absolute atomic E-state index is 10.0. The largest absolute Gasteiger partial charge is 0.472 e. The Kier molecular flexibility index (Phi) is 5.07. The zero-order chi connectivity index (χ0) is 18.6. The molecule has 27 heavy (non-hydrogen) atoms. The van der Waals surface area contributed by atoms with Gasteiger partial charge in [0.1, 0.15) is 17.7 Å². The van der Waals surface area contributed by atoms with Crippen LogP contribution in [0.3, 0.4) is 0 Å². The molecule has 0 aromatic carbocycles. The number of aryl methyl sites for hydroxylation is 2. The van der Waals surface area contributed by atoms with Crippen molar-refractivity contribution in [2.45, 2.75) is 64.4 Å². The van der Waals surface area contributed by atoms with Crippen molar-refractivity contribution >= 4 is 0 Å². The van der Waals surface area contributed by atoms with Gasteiger partial charge in [-0.25, -0.2) is 4.98 Å². The molecule has 2 aromatic rings. The predicted octanol–water partition coefficient (Wildman–Crippen LogP) is 4.53. The van der Waals surface area contributed by atoms with Gasteiger partial charge in [-0.15, -0.1) is 5.92 Å². The van der Waals surface area contributed by atoms with Crippen molar-refractivity contribution in [3.05, 3.63) is 40.8 Å². The molecule has 0 saturated heterocycles. The summed E-state index contributed by atoms with van der Waals surface area (Å²) in [6.45, 7) is 1.98. The first-order valence-corrected chi connectivity index (χ1v) is 9.77. The summed E-state index contributed by atoms with van der Waals surface area (Å²) in [7, 11) is 0. The number of pyridine rings is 2. The van der Waals surface area contributed by atoms with Crippen LogP contribution in [0, 0.1) is 30.1 Å². The van der Waals surface area contributed by atoms with E-state index in [2.05, 4.69) is 29.0 Å². The Morgan fingerprint density at radius 2 is 2.11 bits per heavy atom. The first-order valence-electron chi connectivity index (χ1n) is 9.77. The summed E-state index contributed by atoms with van der Waals surface area (Å²) in [5.74, 6) is 6.72. The third-order valence-corrected chi connectivity index (χ3v) is 5.31. The fraction of sp³-hybridized carbons (Fsp3) is 0.435. The highest BCUT2D eigenvalue weighted by molar-refractivity contribution is 5.77. The van der Waals surface area contributed by atoms with Gasteiger partial charge in [-0.1, -0.05) is 12.3 Å². The fourth-order valence-corrected chi connectivity index (χ4v) is 3.97. The van der Waals surface area contributed by atoms with E-state index in [1.807, 2.05) is 19.2 Å². The molecule has 0 radical (unpaired) electrons. The normalized spacial score (nSPS) is 18.4. The Morgan fingerprint density at radius 3 is 2.89 bits per heavy atom. The smallest absolute Gasteiger partial charge is 0.232 e. The first kappa shape index (κ1) is 17.6. The van der Waals surface area contributed by atoms with Crippen LogP contribution in [0.15, 0.2) is 18.3 Å². The lowest BCUT2D eigenvalue weighted by atomic mass is 9.92. The van der Waals surface area contributed by atoms with Crippen LogP contribution in [0.4, 0.5) is 0 Å². The topological polar surface area (TPSA) is 58.8 Å². The van der Waals surface area contributed by atoms with E-state index in [-0.39, 0.29) is 6.10 Å². The molecule has 0 amide bonds. The third kappa shape index (κ3) is 3.67. The van der Waals surface area contributed by atoms with Crippen molar-refractivity contribution in [1.29, 1.82) is 5.26 Å². The Bertz CT molecular complexity index is 962.